The van der Waals surface area contributed by atoms with Gasteiger partial charge >= 0.3 is 0 Å². The van der Waals surface area contributed by atoms with Crippen molar-refractivity contribution in [1.82, 2.24) is 13.7 Å². The van der Waals surface area contributed by atoms with E-state index < -0.39 is 0 Å². The van der Waals surface area contributed by atoms with Gasteiger partial charge in [-0.15, -0.1) is 0 Å². The maximum atomic E-state index is 2.43. The standard InChI is InChI=1S/C46H39N3/c1-4-47-41-13-9-7-11-35(41)37-27-31(19-23-43(37)47)15-17-33-21-25-45-39(29-33)40-30-34(22-26-46(40)49(45)6-3)18-16-32-20-24-44-38(28-32)36-12-8-10-14-42(36)48(44)5-2/h7-30H,4-6H2,1-3H3/b17-15+,18-16+. The number of benzene rings is 6. The van der Waals surface area contributed by atoms with Crippen LogP contribution in [0.4, 0.5) is 0 Å². The van der Waals surface area contributed by atoms with Crippen LogP contribution in [-0.4, -0.2) is 13.7 Å². The van der Waals surface area contributed by atoms with E-state index in [-0.39, 0.29) is 0 Å². The fourth-order valence-corrected chi connectivity index (χ4v) is 8.10. The Labute approximate surface area is 286 Å². The van der Waals surface area contributed by atoms with Crippen molar-refractivity contribution in [2.75, 3.05) is 0 Å². The van der Waals surface area contributed by atoms with Gasteiger partial charge in [0.05, 0.1) is 0 Å². The molecule has 3 heteroatoms. The molecule has 238 valence electrons. The molecule has 0 aliphatic heterocycles. The van der Waals surface area contributed by atoms with Crippen LogP contribution < -0.4 is 0 Å². The average Bonchev–Trinajstić information content (AvgIpc) is 3.77. The molecule has 0 spiro atoms. The van der Waals surface area contributed by atoms with Crippen molar-refractivity contribution in [3.8, 4) is 0 Å². The van der Waals surface area contributed by atoms with Crippen LogP contribution in [0.15, 0.2) is 121 Å². The lowest BCUT2D eigenvalue weighted by atomic mass is 10.0. The molecule has 6 aromatic carbocycles. The molecule has 0 N–H and O–H groups in total. The molecule has 0 saturated heterocycles. The first-order valence-electron chi connectivity index (χ1n) is 17.6. The molecule has 0 amide bonds. The molecule has 0 fully saturated rings. The smallest absolute Gasteiger partial charge is 0.0491 e. The molecule has 3 heterocycles. The molecule has 0 aliphatic rings. The molecule has 3 aromatic heterocycles. The minimum absolute atomic E-state index is 0.932. The van der Waals surface area contributed by atoms with Gasteiger partial charge in [-0.25, -0.2) is 0 Å². The summed E-state index contributed by atoms with van der Waals surface area (Å²) in [5.41, 5.74) is 12.6. The number of nitrogens with zero attached hydrogens (tertiary/aromatic N) is 3. The van der Waals surface area contributed by atoms with Crippen LogP contribution in [0.25, 0.3) is 89.7 Å². The highest BCUT2D eigenvalue weighted by molar-refractivity contribution is 6.11. The van der Waals surface area contributed by atoms with Crippen LogP contribution >= 0.6 is 0 Å². The van der Waals surface area contributed by atoms with E-state index in [9.17, 15) is 0 Å². The zero-order chi connectivity index (χ0) is 33.1. The Kier molecular flexibility index (Phi) is 7.02. The number of hydrogen-bond acceptors (Lipinski definition) is 0. The van der Waals surface area contributed by atoms with E-state index in [1.807, 2.05) is 0 Å². The van der Waals surface area contributed by atoms with E-state index in [1.165, 1.54) is 87.7 Å². The summed E-state index contributed by atoms with van der Waals surface area (Å²) in [5.74, 6) is 0. The highest BCUT2D eigenvalue weighted by Crippen LogP contribution is 2.34. The fraction of sp³-hybridized carbons (Fsp3) is 0.130. The van der Waals surface area contributed by atoms with Crippen molar-refractivity contribution in [3.05, 3.63) is 144 Å². The second kappa shape index (κ2) is 11.7. The van der Waals surface area contributed by atoms with Crippen molar-refractivity contribution in [2.45, 2.75) is 40.4 Å². The Hall–Kier alpha value is -5.80. The van der Waals surface area contributed by atoms with Gasteiger partial charge in [-0.1, -0.05) is 85.0 Å². The number of aryl methyl sites for hydroxylation is 3. The van der Waals surface area contributed by atoms with E-state index in [0.717, 1.165) is 19.6 Å². The van der Waals surface area contributed by atoms with Crippen molar-refractivity contribution >= 4 is 89.7 Å². The second-order valence-electron chi connectivity index (χ2n) is 13.0. The van der Waals surface area contributed by atoms with Crippen molar-refractivity contribution in [2.24, 2.45) is 0 Å². The van der Waals surface area contributed by atoms with Crippen molar-refractivity contribution < 1.29 is 0 Å². The third-order valence-electron chi connectivity index (χ3n) is 10.4. The van der Waals surface area contributed by atoms with Crippen molar-refractivity contribution in [3.63, 3.8) is 0 Å². The summed E-state index contributed by atoms with van der Waals surface area (Å²) in [7, 11) is 0. The van der Waals surface area contributed by atoms with Crippen LogP contribution in [0.2, 0.25) is 0 Å². The topological polar surface area (TPSA) is 14.8 Å². The predicted octanol–water partition coefficient (Wildman–Crippen LogP) is 12.4. The molecule has 9 rings (SSSR count). The third-order valence-corrected chi connectivity index (χ3v) is 10.4. The molecular formula is C46H39N3. The van der Waals surface area contributed by atoms with Gasteiger partial charge in [0.25, 0.3) is 0 Å². The lowest BCUT2D eigenvalue weighted by Gasteiger charge is -2.04. The van der Waals surface area contributed by atoms with Gasteiger partial charge in [0.15, 0.2) is 0 Å². The zero-order valence-corrected chi connectivity index (χ0v) is 28.3. The van der Waals surface area contributed by atoms with Gasteiger partial charge in [0.2, 0.25) is 0 Å². The molecule has 0 radical (unpaired) electrons. The highest BCUT2D eigenvalue weighted by Gasteiger charge is 2.12. The summed E-state index contributed by atoms with van der Waals surface area (Å²) < 4.78 is 7.24. The molecule has 3 nitrogen and oxygen atoms in total. The molecule has 49 heavy (non-hydrogen) atoms. The summed E-state index contributed by atoms with van der Waals surface area (Å²) in [6.07, 6.45) is 9.01. The predicted molar refractivity (Wildman–Crippen MR) is 213 cm³/mol. The zero-order valence-electron chi connectivity index (χ0n) is 28.3. The highest BCUT2D eigenvalue weighted by atomic mass is 15.0. The SMILES string of the molecule is CCn1c2ccccc2c2cc(/C=C/c3ccc4c(c3)c3cc(/C=C/c5ccc6c(c5)c5ccccc5n6CC)ccc3n4CC)ccc21. The van der Waals surface area contributed by atoms with E-state index in [1.54, 1.807) is 0 Å². The van der Waals surface area contributed by atoms with Crippen LogP contribution in [0.1, 0.15) is 43.0 Å². The number of para-hydroxylation sites is 2. The Morgan fingerprint density at radius 2 is 0.592 bits per heavy atom. The van der Waals surface area contributed by atoms with Gasteiger partial charge in [0.1, 0.15) is 0 Å². The maximum Gasteiger partial charge on any atom is 0.0491 e. The molecule has 9 aromatic rings. The Balaban J connectivity index is 1.07. The molecule has 0 unspecified atom stereocenters. The Bertz CT molecular complexity index is 2590. The maximum absolute atomic E-state index is 2.43. The summed E-state index contributed by atoms with van der Waals surface area (Å²) in [6, 6.07) is 44.9. The summed E-state index contributed by atoms with van der Waals surface area (Å²) >= 11 is 0. The monoisotopic (exact) mass is 633 g/mol. The van der Waals surface area contributed by atoms with E-state index >= 15 is 0 Å². The summed E-state index contributed by atoms with van der Waals surface area (Å²) in [5, 5.41) is 7.85. The third kappa shape index (κ3) is 4.72. The quantitative estimate of drug-likeness (QED) is 0.155. The van der Waals surface area contributed by atoms with Crippen LogP contribution in [-0.2, 0) is 19.6 Å². The molecule has 0 saturated carbocycles. The number of fused-ring (bicyclic) bond motifs is 9. The largest absolute Gasteiger partial charge is 0.341 e. The van der Waals surface area contributed by atoms with Crippen LogP contribution in [0.3, 0.4) is 0 Å². The fourth-order valence-electron chi connectivity index (χ4n) is 8.10. The van der Waals surface area contributed by atoms with Gasteiger partial charge in [-0.3, -0.25) is 0 Å². The number of aromatic nitrogens is 3. The number of hydrogen-bond donors (Lipinski definition) is 0. The first-order chi connectivity index (χ1) is 24.1. The van der Waals surface area contributed by atoms with Gasteiger partial charge in [-0.05, 0) is 104 Å². The van der Waals surface area contributed by atoms with E-state index in [4.69, 9.17) is 0 Å². The minimum Gasteiger partial charge on any atom is -0.341 e. The molecular weight excluding hydrogens is 595 g/mol. The average molecular weight is 634 g/mol. The molecule has 0 aliphatic carbocycles. The summed E-state index contributed by atoms with van der Waals surface area (Å²) in [6.45, 7) is 9.53. The normalized spacial score (nSPS) is 12.5. The van der Waals surface area contributed by atoms with Crippen molar-refractivity contribution in [1.29, 1.82) is 0 Å². The molecule has 0 atom stereocenters. The Morgan fingerprint density at radius 1 is 0.327 bits per heavy atom. The Morgan fingerprint density at radius 3 is 0.898 bits per heavy atom. The first-order valence-corrected chi connectivity index (χ1v) is 17.6. The summed E-state index contributed by atoms with van der Waals surface area (Å²) in [4.78, 5) is 0. The van der Waals surface area contributed by atoms with Crippen LogP contribution in [0.5, 0.6) is 0 Å². The van der Waals surface area contributed by atoms with Gasteiger partial charge < -0.3 is 13.7 Å². The van der Waals surface area contributed by atoms with Gasteiger partial charge in [0, 0.05) is 85.1 Å². The van der Waals surface area contributed by atoms with E-state index in [0.29, 0.717) is 0 Å². The lowest BCUT2D eigenvalue weighted by Crippen LogP contribution is -1.92. The first kappa shape index (κ1) is 29.3. The lowest BCUT2D eigenvalue weighted by molar-refractivity contribution is 0.827. The minimum atomic E-state index is 0.932. The number of rotatable bonds is 7. The van der Waals surface area contributed by atoms with Crippen LogP contribution in [0, 0.1) is 0 Å². The molecule has 0 bridgehead atoms. The van der Waals surface area contributed by atoms with Gasteiger partial charge in [-0.2, -0.15) is 0 Å². The van der Waals surface area contributed by atoms with E-state index in [2.05, 4.69) is 180 Å². The second-order valence-corrected chi connectivity index (χ2v) is 13.0.